The number of rotatable bonds is 8. The number of imide groups is 2. The smallest absolute Gasteiger partial charge is 0.324 e. The minimum absolute atomic E-state index is 0.0763. The van der Waals surface area contributed by atoms with Gasteiger partial charge in [-0.3, -0.25) is 19.3 Å². The van der Waals surface area contributed by atoms with Crippen LogP contribution in [0.25, 0.3) is 0 Å². The van der Waals surface area contributed by atoms with Crippen molar-refractivity contribution in [2.45, 2.75) is 13.5 Å². The second kappa shape index (κ2) is 8.20. The Morgan fingerprint density at radius 3 is 2.52 bits per heavy atom. The Morgan fingerprint density at radius 2 is 1.84 bits per heavy atom. The number of nitrogens with one attached hydrogen (secondary N) is 2. The van der Waals surface area contributed by atoms with E-state index in [9.17, 15) is 19.2 Å². The van der Waals surface area contributed by atoms with Crippen molar-refractivity contribution in [3.63, 3.8) is 0 Å². The molecular weight excluding hydrogens is 324 g/mol. The Kier molecular flexibility index (Phi) is 6.02. The van der Waals surface area contributed by atoms with Crippen molar-refractivity contribution in [3.05, 3.63) is 42.5 Å². The minimum Gasteiger partial charge on any atom is -0.324 e. The van der Waals surface area contributed by atoms with Crippen molar-refractivity contribution < 1.29 is 19.2 Å². The third kappa shape index (κ3) is 4.10. The van der Waals surface area contributed by atoms with Gasteiger partial charge in [-0.15, -0.1) is 6.58 Å². The summed E-state index contributed by atoms with van der Waals surface area (Å²) in [5, 5.41) is 5.83. The predicted molar refractivity (Wildman–Crippen MR) is 91.5 cm³/mol. The van der Waals surface area contributed by atoms with Gasteiger partial charge in [0.05, 0.1) is 0 Å². The van der Waals surface area contributed by atoms with E-state index in [2.05, 4.69) is 17.2 Å². The molecule has 132 valence electrons. The van der Waals surface area contributed by atoms with E-state index in [1.807, 2.05) is 19.1 Å². The first kappa shape index (κ1) is 18.3. The summed E-state index contributed by atoms with van der Waals surface area (Å²) in [6, 6.07) is 6.40. The first-order valence-corrected chi connectivity index (χ1v) is 7.86. The highest BCUT2D eigenvalue weighted by Gasteiger charge is 2.44. The molecule has 1 saturated heterocycles. The fourth-order valence-corrected chi connectivity index (χ4v) is 2.37. The molecule has 2 rings (SSSR count). The van der Waals surface area contributed by atoms with Gasteiger partial charge in [0.15, 0.2) is 0 Å². The molecule has 25 heavy (non-hydrogen) atoms. The first-order chi connectivity index (χ1) is 12.0. The minimum atomic E-state index is -1.01. The number of carbonyl (C=O) groups is 4. The van der Waals surface area contributed by atoms with Crippen molar-refractivity contribution in [1.82, 2.24) is 15.1 Å². The fraction of sp³-hybridized carbons (Fsp3) is 0.294. The molecule has 0 aromatic heterocycles. The van der Waals surface area contributed by atoms with Crippen LogP contribution in [0.4, 0.5) is 10.5 Å². The zero-order chi connectivity index (χ0) is 18.4. The third-order valence-electron chi connectivity index (χ3n) is 3.61. The van der Waals surface area contributed by atoms with E-state index in [1.54, 1.807) is 12.1 Å². The van der Waals surface area contributed by atoms with Gasteiger partial charge in [-0.05, 0) is 18.2 Å². The van der Waals surface area contributed by atoms with E-state index < -0.39 is 30.3 Å². The lowest BCUT2D eigenvalue weighted by Gasteiger charge is -2.15. The Bertz CT molecular complexity index is 716. The number of anilines is 1. The van der Waals surface area contributed by atoms with E-state index in [0.29, 0.717) is 17.1 Å². The molecule has 1 aromatic carbocycles. The first-order valence-electron chi connectivity index (χ1n) is 7.86. The molecule has 5 amide bonds. The van der Waals surface area contributed by atoms with Crippen LogP contribution in [-0.2, 0) is 20.9 Å². The molecule has 2 N–H and O–H groups in total. The van der Waals surface area contributed by atoms with E-state index >= 15 is 0 Å². The van der Waals surface area contributed by atoms with Crippen LogP contribution in [-0.4, -0.2) is 53.2 Å². The molecule has 0 radical (unpaired) electrons. The van der Waals surface area contributed by atoms with E-state index in [1.165, 1.54) is 6.08 Å². The normalized spacial score (nSPS) is 14.2. The number of carbonyl (C=O) groups excluding carboxylic acids is 4. The second-order valence-corrected chi connectivity index (χ2v) is 5.36. The number of hydrogen-bond donors (Lipinski definition) is 2. The molecule has 1 aliphatic rings. The summed E-state index contributed by atoms with van der Waals surface area (Å²) in [5.74, 6) is -2.52. The molecular formula is C17H20N4O4. The molecule has 1 aromatic rings. The van der Waals surface area contributed by atoms with Gasteiger partial charge >= 0.3 is 17.8 Å². The summed E-state index contributed by atoms with van der Waals surface area (Å²) < 4.78 is 0. The topological polar surface area (TPSA) is 98.8 Å². The summed E-state index contributed by atoms with van der Waals surface area (Å²) in [7, 11) is 0. The van der Waals surface area contributed by atoms with Crippen LogP contribution in [0.1, 0.15) is 12.5 Å². The van der Waals surface area contributed by atoms with Crippen LogP contribution < -0.4 is 10.6 Å². The predicted octanol–water partition coefficient (Wildman–Crippen LogP) is 0.711. The summed E-state index contributed by atoms with van der Waals surface area (Å²) in [5.41, 5.74) is 1.46. The van der Waals surface area contributed by atoms with E-state index in [-0.39, 0.29) is 6.54 Å². The maximum atomic E-state index is 12.2. The van der Waals surface area contributed by atoms with E-state index in [4.69, 9.17) is 0 Å². The average molecular weight is 344 g/mol. The molecule has 8 nitrogen and oxygen atoms in total. The summed E-state index contributed by atoms with van der Waals surface area (Å²) in [6.45, 7) is 6.15. The molecule has 0 spiro atoms. The zero-order valence-electron chi connectivity index (χ0n) is 13.9. The highest BCUT2D eigenvalue weighted by atomic mass is 16.2. The second-order valence-electron chi connectivity index (χ2n) is 5.36. The third-order valence-corrected chi connectivity index (χ3v) is 3.61. The standard InChI is InChI=1S/C17H20N4O4/c1-3-9-20-15(23)16(24)21(17(20)25)11-14(22)19-13-8-6-5-7-12(13)10-18-4-2/h3,5-8,18H,1,4,9-11H2,2H3,(H,19,22). The van der Waals surface area contributed by atoms with Gasteiger partial charge in [-0.25, -0.2) is 9.69 Å². The molecule has 0 unspecified atom stereocenters. The molecule has 1 aliphatic heterocycles. The van der Waals surface area contributed by atoms with Gasteiger partial charge in [-0.1, -0.05) is 31.2 Å². The lowest BCUT2D eigenvalue weighted by Crippen LogP contribution is -2.39. The highest BCUT2D eigenvalue weighted by molar-refractivity contribution is 6.45. The van der Waals surface area contributed by atoms with Crippen LogP contribution in [0.15, 0.2) is 36.9 Å². The van der Waals surface area contributed by atoms with Crippen LogP contribution in [0.2, 0.25) is 0 Å². The molecule has 0 saturated carbocycles. The molecule has 1 fully saturated rings. The number of nitrogens with zero attached hydrogens (tertiary/aromatic N) is 2. The monoisotopic (exact) mass is 344 g/mol. The van der Waals surface area contributed by atoms with Gasteiger partial charge in [0, 0.05) is 18.8 Å². The maximum Gasteiger partial charge on any atom is 0.335 e. The molecule has 0 bridgehead atoms. The SMILES string of the molecule is C=CCN1C(=O)C(=O)N(CC(=O)Nc2ccccc2CNCC)C1=O. The highest BCUT2D eigenvalue weighted by Crippen LogP contribution is 2.16. The van der Waals surface area contributed by atoms with Gasteiger partial charge < -0.3 is 10.6 Å². The Balaban J connectivity index is 2.06. The van der Waals surface area contributed by atoms with Crippen molar-refractivity contribution in [1.29, 1.82) is 0 Å². The van der Waals surface area contributed by atoms with Gasteiger partial charge in [0.25, 0.3) is 0 Å². The summed E-state index contributed by atoms with van der Waals surface area (Å²) in [6.07, 6.45) is 1.34. The zero-order valence-corrected chi connectivity index (χ0v) is 13.9. The van der Waals surface area contributed by atoms with Crippen molar-refractivity contribution in [3.8, 4) is 0 Å². The largest absolute Gasteiger partial charge is 0.335 e. The average Bonchev–Trinajstić information content (AvgIpc) is 2.79. The summed E-state index contributed by atoms with van der Waals surface area (Å²) >= 11 is 0. The van der Waals surface area contributed by atoms with Gasteiger partial charge in [0.1, 0.15) is 6.54 Å². The molecule has 0 aliphatic carbocycles. The Hall–Kier alpha value is -3.00. The summed E-state index contributed by atoms with van der Waals surface area (Å²) in [4.78, 5) is 49.3. The quantitative estimate of drug-likeness (QED) is 0.411. The van der Waals surface area contributed by atoms with Gasteiger partial charge in [0.2, 0.25) is 5.91 Å². The maximum absolute atomic E-state index is 12.2. The molecule has 0 atom stereocenters. The number of para-hydroxylation sites is 1. The van der Waals surface area contributed by atoms with Crippen LogP contribution in [0.3, 0.4) is 0 Å². The number of hydrogen-bond acceptors (Lipinski definition) is 5. The molecule has 8 heteroatoms. The lowest BCUT2D eigenvalue weighted by atomic mass is 10.1. The number of urea groups is 1. The fourth-order valence-electron chi connectivity index (χ4n) is 2.37. The molecule has 1 heterocycles. The van der Waals surface area contributed by atoms with Crippen LogP contribution in [0.5, 0.6) is 0 Å². The van der Waals surface area contributed by atoms with Crippen LogP contribution in [0, 0.1) is 0 Å². The number of amides is 5. The Labute approximate surface area is 145 Å². The van der Waals surface area contributed by atoms with E-state index in [0.717, 1.165) is 17.0 Å². The van der Waals surface area contributed by atoms with Crippen molar-refractivity contribution in [2.75, 3.05) is 25.0 Å². The van der Waals surface area contributed by atoms with Gasteiger partial charge in [-0.2, -0.15) is 0 Å². The van der Waals surface area contributed by atoms with Crippen LogP contribution >= 0.6 is 0 Å². The number of benzene rings is 1. The van der Waals surface area contributed by atoms with Crippen molar-refractivity contribution >= 4 is 29.4 Å². The van der Waals surface area contributed by atoms with Crippen molar-refractivity contribution in [2.24, 2.45) is 0 Å². The lowest BCUT2D eigenvalue weighted by molar-refractivity contribution is -0.143. The Morgan fingerprint density at radius 1 is 1.16 bits per heavy atom.